The van der Waals surface area contributed by atoms with Gasteiger partial charge >= 0.3 is 6.03 Å². The van der Waals surface area contributed by atoms with Gasteiger partial charge in [0.25, 0.3) is 0 Å². The van der Waals surface area contributed by atoms with E-state index in [-0.39, 0.29) is 6.42 Å². The van der Waals surface area contributed by atoms with Crippen molar-refractivity contribution in [3.63, 3.8) is 0 Å². The number of thioether (sulfide) groups is 1. The Morgan fingerprint density at radius 1 is 1.22 bits per heavy atom. The normalized spacial score (nSPS) is 11.7. The van der Waals surface area contributed by atoms with E-state index in [0.29, 0.717) is 23.2 Å². The van der Waals surface area contributed by atoms with Gasteiger partial charge in [-0.2, -0.15) is 0 Å². The van der Waals surface area contributed by atoms with Crippen molar-refractivity contribution in [2.45, 2.75) is 44.1 Å². The Balaban J connectivity index is 1.67. The molecule has 1 aromatic carbocycles. The molecule has 0 saturated heterocycles. The fraction of sp³-hybridized carbons (Fsp3) is 0.286. The molecule has 1 unspecified atom stereocenters. The van der Waals surface area contributed by atoms with E-state index in [1.165, 1.54) is 11.3 Å². The fourth-order valence-corrected chi connectivity index (χ4v) is 4.51. The molecule has 4 amide bonds. The lowest BCUT2D eigenvalue weighted by Crippen LogP contribution is -2.39. The summed E-state index contributed by atoms with van der Waals surface area (Å²) < 4.78 is 1.76. The molecule has 3 aromatic rings. The Morgan fingerprint density at radius 2 is 2.00 bits per heavy atom. The van der Waals surface area contributed by atoms with Gasteiger partial charge in [0.1, 0.15) is 0 Å². The second-order valence-electron chi connectivity index (χ2n) is 7.17. The lowest BCUT2D eigenvalue weighted by Gasteiger charge is -2.14. The highest BCUT2D eigenvalue weighted by Gasteiger charge is 2.23. The Hall–Kier alpha value is -3.18. The van der Waals surface area contributed by atoms with Gasteiger partial charge in [-0.25, -0.2) is 4.79 Å². The Labute approximate surface area is 193 Å². The van der Waals surface area contributed by atoms with Gasteiger partial charge in [0, 0.05) is 18.7 Å². The van der Waals surface area contributed by atoms with Gasteiger partial charge in [-0.15, -0.1) is 21.5 Å². The van der Waals surface area contributed by atoms with E-state index in [1.54, 1.807) is 17.6 Å². The number of carbonyl (C=O) groups excluding carboxylic acids is 3. The van der Waals surface area contributed by atoms with E-state index in [0.717, 1.165) is 27.8 Å². The molecule has 2 aromatic heterocycles. The van der Waals surface area contributed by atoms with Crippen LogP contribution in [0.15, 0.2) is 40.9 Å². The Bertz CT molecular complexity index is 1130. The summed E-state index contributed by atoms with van der Waals surface area (Å²) in [6.07, 6.45) is 0.114. The molecule has 0 aliphatic heterocycles. The maximum absolute atomic E-state index is 12.6. The summed E-state index contributed by atoms with van der Waals surface area (Å²) in [5.41, 5.74) is 7.92. The van der Waals surface area contributed by atoms with E-state index >= 15 is 0 Å². The lowest BCUT2D eigenvalue weighted by atomic mass is 10.1. The third-order valence-electron chi connectivity index (χ3n) is 4.56. The van der Waals surface area contributed by atoms with Gasteiger partial charge in [-0.05, 0) is 43.8 Å². The Morgan fingerprint density at radius 3 is 2.66 bits per heavy atom. The van der Waals surface area contributed by atoms with Crippen molar-refractivity contribution >= 4 is 46.6 Å². The van der Waals surface area contributed by atoms with Crippen LogP contribution in [0.4, 0.5) is 10.5 Å². The number of benzene rings is 1. The van der Waals surface area contributed by atoms with Crippen molar-refractivity contribution in [1.82, 2.24) is 20.1 Å². The van der Waals surface area contributed by atoms with Crippen LogP contribution in [0.2, 0.25) is 0 Å². The number of aromatic nitrogens is 3. The van der Waals surface area contributed by atoms with E-state index in [9.17, 15) is 14.4 Å². The summed E-state index contributed by atoms with van der Waals surface area (Å²) in [5.74, 6) is -0.316. The molecule has 1 atom stereocenters. The minimum Gasteiger partial charge on any atom is -0.370 e. The predicted molar refractivity (Wildman–Crippen MR) is 126 cm³/mol. The number of primary amides is 1. The van der Waals surface area contributed by atoms with Gasteiger partial charge in [0.15, 0.2) is 11.0 Å². The van der Waals surface area contributed by atoms with E-state index in [4.69, 9.17) is 5.73 Å². The second kappa shape index (κ2) is 10.4. The van der Waals surface area contributed by atoms with Crippen LogP contribution in [0, 0.1) is 13.8 Å². The molecular weight excluding hydrogens is 448 g/mol. The molecule has 0 saturated carbocycles. The van der Waals surface area contributed by atoms with Gasteiger partial charge in [-0.1, -0.05) is 35.5 Å². The largest absolute Gasteiger partial charge is 0.370 e. The smallest absolute Gasteiger partial charge is 0.325 e. The van der Waals surface area contributed by atoms with Crippen LogP contribution in [0.25, 0.3) is 10.7 Å². The van der Waals surface area contributed by atoms with Gasteiger partial charge in [-0.3, -0.25) is 14.9 Å². The summed E-state index contributed by atoms with van der Waals surface area (Å²) in [5, 5.41) is 15.2. The topological polar surface area (TPSA) is 132 Å². The van der Waals surface area contributed by atoms with Crippen LogP contribution in [0.3, 0.4) is 0 Å². The van der Waals surface area contributed by atoms with Gasteiger partial charge in [0.2, 0.25) is 11.8 Å². The maximum Gasteiger partial charge on any atom is 0.325 e. The summed E-state index contributed by atoms with van der Waals surface area (Å²) in [4.78, 5) is 37.1. The van der Waals surface area contributed by atoms with Crippen LogP contribution in [-0.2, 0) is 16.1 Å². The van der Waals surface area contributed by atoms with E-state index in [2.05, 4.69) is 20.8 Å². The number of thiophene rings is 1. The number of rotatable bonds is 8. The zero-order chi connectivity index (χ0) is 23.3. The van der Waals surface area contributed by atoms with Crippen LogP contribution in [0.5, 0.6) is 0 Å². The molecule has 0 aliphatic carbocycles. The molecule has 2 heterocycles. The zero-order valence-electron chi connectivity index (χ0n) is 17.9. The van der Waals surface area contributed by atoms with Crippen molar-refractivity contribution < 1.29 is 14.4 Å². The first-order valence-electron chi connectivity index (χ1n) is 9.85. The molecule has 168 valence electrons. The number of hydrogen-bond donors (Lipinski definition) is 3. The fourth-order valence-electron chi connectivity index (χ4n) is 2.92. The van der Waals surface area contributed by atoms with Crippen molar-refractivity contribution in [2.24, 2.45) is 5.73 Å². The number of carbonyl (C=O) groups is 3. The number of nitrogens with one attached hydrogen (secondary N) is 2. The minimum atomic E-state index is -0.632. The minimum absolute atomic E-state index is 0.114. The summed E-state index contributed by atoms with van der Waals surface area (Å²) in [6, 6.07) is 8.80. The third-order valence-corrected chi connectivity index (χ3v) is 6.50. The van der Waals surface area contributed by atoms with Crippen LogP contribution < -0.4 is 16.4 Å². The summed E-state index contributed by atoms with van der Waals surface area (Å²) in [6.45, 7) is 5.81. The highest BCUT2D eigenvalue weighted by atomic mass is 32.2. The van der Waals surface area contributed by atoms with Crippen LogP contribution >= 0.6 is 23.1 Å². The SMILES string of the molecule is Cc1ccc(NC(=O)NC(=O)C(C)Sc2nnc(-c3cccs3)n2CCC(N)=O)c(C)c1. The molecule has 0 radical (unpaired) electrons. The molecule has 3 rings (SSSR count). The van der Waals surface area contributed by atoms with Crippen molar-refractivity contribution in [3.8, 4) is 10.7 Å². The Kier molecular flexibility index (Phi) is 7.65. The first-order chi connectivity index (χ1) is 15.2. The number of anilines is 1. The monoisotopic (exact) mass is 472 g/mol. The van der Waals surface area contributed by atoms with Gasteiger partial charge < -0.3 is 15.6 Å². The number of amides is 4. The lowest BCUT2D eigenvalue weighted by molar-refractivity contribution is -0.119. The molecule has 11 heteroatoms. The van der Waals surface area contributed by atoms with Crippen molar-refractivity contribution in [1.29, 1.82) is 0 Å². The van der Waals surface area contributed by atoms with E-state index in [1.807, 2.05) is 43.5 Å². The molecule has 4 N–H and O–H groups in total. The number of nitrogens with two attached hydrogens (primary N) is 1. The third kappa shape index (κ3) is 5.95. The van der Waals surface area contributed by atoms with Crippen molar-refractivity contribution in [2.75, 3.05) is 5.32 Å². The average molecular weight is 473 g/mol. The molecule has 0 aliphatic rings. The zero-order valence-corrected chi connectivity index (χ0v) is 19.5. The maximum atomic E-state index is 12.6. The molecular formula is C21H24N6O3S2. The number of nitrogens with zero attached hydrogens (tertiary/aromatic N) is 3. The van der Waals surface area contributed by atoms with Crippen molar-refractivity contribution in [3.05, 3.63) is 46.8 Å². The first kappa shape index (κ1) is 23.5. The second-order valence-corrected chi connectivity index (χ2v) is 9.43. The summed E-state index contributed by atoms with van der Waals surface area (Å²) >= 11 is 2.64. The quantitative estimate of drug-likeness (QED) is 0.431. The number of urea groups is 1. The first-order valence-corrected chi connectivity index (χ1v) is 11.6. The number of imide groups is 1. The highest BCUT2D eigenvalue weighted by Crippen LogP contribution is 2.29. The molecule has 32 heavy (non-hydrogen) atoms. The predicted octanol–water partition coefficient (Wildman–Crippen LogP) is 3.33. The van der Waals surface area contributed by atoms with Gasteiger partial charge in [0.05, 0.1) is 10.1 Å². The number of hydrogen-bond acceptors (Lipinski definition) is 7. The number of aryl methyl sites for hydroxylation is 2. The average Bonchev–Trinajstić information content (AvgIpc) is 3.38. The molecule has 0 bridgehead atoms. The highest BCUT2D eigenvalue weighted by molar-refractivity contribution is 8.00. The molecule has 0 spiro atoms. The summed E-state index contributed by atoms with van der Waals surface area (Å²) in [7, 11) is 0. The van der Waals surface area contributed by atoms with E-state index < -0.39 is 23.1 Å². The standard InChI is InChI=1S/C21H24N6O3S2/c1-12-6-7-15(13(2)11-12)23-20(30)24-19(29)14(3)32-21-26-25-18(16-5-4-10-31-16)27(21)9-8-17(22)28/h4-7,10-11,14H,8-9H2,1-3H3,(H2,22,28)(H2,23,24,29,30). The van der Waals surface area contributed by atoms with Crippen LogP contribution in [-0.4, -0.2) is 37.9 Å². The van der Waals surface area contributed by atoms with Crippen LogP contribution in [0.1, 0.15) is 24.5 Å². The molecule has 9 nitrogen and oxygen atoms in total. The molecule has 0 fully saturated rings.